The summed E-state index contributed by atoms with van der Waals surface area (Å²) in [6, 6.07) is 14.8. The third kappa shape index (κ3) is 3.54. The number of thiophene rings is 1. The number of aryl methyl sites for hydroxylation is 1. The number of pyridine rings is 1. The molecule has 0 saturated carbocycles. The molecule has 5 rings (SSSR count). The number of benzene rings is 2. The molecule has 2 aromatic carbocycles. The first-order valence-electron chi connectivity index (χ1n) is 9.82. The van der Waals surface area contributed by atoms with E-state index in [1.165, 1.54) is 18.4 Å². The molecular formula is C24H18N2O5S. The van der Waals surface area contributed by atoms with E-state index in [-0.39, 0.29) is 12.7 Å². The maximum Gasteiger partial charge on any atom is 0.350 e. The zero-order chi connectivity index (χ0) is 22.2. The van der Waals surface area contributed by atoms with Crippen LogP contribution < -0.4 is 14.8 Å². The number of amides is 1. The van der Waals surface area contributed by atoms with Crippen molar-refractivity contribution in [2.75, 3.05) is 19.2 Å². The van der Waals surface area contributed by atoms with Crippen LogP contribution in [-0.2, 0) is 4.74 Å². The van der Waals surface area contributed by atoms with Gasteiger partial charge in [0.15, 0.2) is 11.5 Å². The lowest BCUT2D eigenvalue weighted by Gasteiger charge is -2.12. The fraction of sp³-hybridized carbons (Fsp3) is 0.125. The molecule has 0 saturated heterocycles. The number of rotatable bonds is 4. The van der Waals surface area contributed by atoms with Crippen LogP contribution >= 0.6 is 11.3 Å². The van der Waals surface area contributed by atoms with Crippen molar-refractivity contribution in [1.29, 1.82) is 0 Å². The predicted molar refractivity (Wildman–Crippen MR) is 122 cm³/mol. The number of nitrogens with zero attached hydrogens (tertiary/aromatic N) is 1. The summed E-state index contributed by atoms with van der Waals surface area (Å²) < 4.78 is 15.7. The molecule has 4 aromatic rings. The molecule has 1 N–H and O–H groups in total. The molecule has 7 nitrogen and oxygen atoms in total. The Morgan fingerprint density at radius 2 is 1.91 bits per heavy atom. The quantitative estimate of drug-likeness (QED) is 0.442. The highest BCUT2D eigenvalue weighted by Crippen LogP contribution is 2.36. The van der Waals surface area contributed by atoms with E-state index in [0.717, 1.165) is 16.5 Å². The van der Waals surface area contributed by atoms with E-state index in [9.17, 15) is 9.59 Å². The molecule has 0 spiro atoms. The SMILES string of the molecule is COC(=O)c1sccc1NC(=O)c1cc(-c2ccc3c(c2)OCO3)nc2ccc(C)cc12. The van der Waals surface area contributed by atoms with Crippen LogP contribution in [0.3, 0.4) is 0 Å². The molecule has 0 fully saturated rings. The van der Waals surface area contributed by atoms with Crippen LogP contribution in [-0.4, -0.2) is 30.8 Å². The van der Waals surface area contributed by atoms with Crippen molar-refractivity contribution in [2.45, 2.75) is 6.92 Å². The minimum atomic E-state index is -0.494. The molecular weight excluding hydrogens is 428 g/mol. The van der Waals surface area contributed by atoms with Gasteiger partial charge in [-0.1, -0.05) is 11.6 Å². The van der Waals surface area contributed by atoms with Crippen molar-refractivity contribution in [3.63, 3.8) is 0 Å². The van der Waals surface area contributed by atoms with Gasteiger partial charge in [0, 0.05) is 10.9 Å². The van der Waals surface area contributed by atoms with Gasteiger partial charge in [-0.15, -0.1) is 11.3 Å². The minimum Gasteiger partial charge on any atom is -0.465 e. The van der Waals surface area contributed by atoms with E-state index >= 15 is 0 Å². The number of anilines is 1. The van der Waals surface area contributed by atoms with E-state index < -0.39 is 5.97 Å². The Morgan fingerprint density at radius 1 is 1.06 bits per heavy atom. The van der Waals surface area contributed by atoms with Crippen molar-refractivity contribution in [2.24, 2.45) is 0 Å². The van der Waals surface area contributed by atoms with Gasteiger partial charge >= 0.3 is 5.97 Å². The first-order valence-corrected chi connectivity index (χ1v) is 10.7. The van der Waals surface area contributed by atoms with Gasteiger partial charge in [0.05, 0.1) is 29.6 Å². The number of ether oxygens (including phenoxy) is 3. The van der Waals surface area contributed by atoms with Gasteiger partial charge in [0.2, 0.25) is 6.79 Å². The largest absolute Gasteiger partial charge is 0.465 e. The smallest absolute Gasteiger partial charge is 0.350 e. The van der Waals surface area contributed by atoms with E-state index in [4.69, 9.17) is 19.2 Å². The number of carbonyl (C=O) groups is 2. The Morgan fingerprint density at radius 3 is 2.75 bits per heavy atom. The zero-order valence-corrected chi connectivity index (χ0v) is 18.1. The highest BCUT2D eigenvalue weighted by Gasteiger charge is 2.20. The average Bonchev–Trinajstić information content (AvgIpc) is 3.46. The maximum atomic E-state index is 13.3. The van der Waals surface area contributed by atoms with E-state index in [1.807, 2.05) is 43.3 Å². The van der Waals surface area contributed by atoms with Crippen LogP contribution in [0.15, 0.2) is 53.9 Å². The van der Waals surface area contributed by atoms with Gasteiger partial charge in [0.1, 0.15) is 4.88 Å². The monoisotopic (exact) mass is 446 g/mol. The second-order valence-electron chi connectivity index (χ2n) is 7.25. The molecule has 0 aliphatic carbocycles. The molecule has 0 radical (unpaired) electrons. The normalized spacial score (nSPS) is 12.1. The van der Waals surface area contributed by atoms with Crippen molar-refractivity contribution >= 4 is 39.8 Å². The minimum absolute atomic E-state index is 0.181. The van der Waals surface area contributed by atoms with Crippen LogP contribution in [0.1, 0.15) is 25.6 Å². The number of aromatic nitrogens is 1. The molecule has 2 aromatic heterocycles. The van der Waals surface area contributed by atoms with E-state index in [0.29, 0.717) is 38.8 Å². The van der Waals surface area contributed by atoms with Crippen molar-refractivity contribution < 1.29 is 23.8 Å². The molecule has 0 atom stereocenters. The predicted octanol–water partition coefficient (Wildman–Crippen LogP) is 5.04. The number of nitrogens with one attached hydrogen (secondary N) is 1. The van der Waals surface area contributed by atoms with Gasteiger partial charge in [-0.3, -0.25) is 4.79 Å². The Hall–Kier alpha value is -3.91. The highest BCUT2D eigenvalue weighted by molar-refractivity contribution is 7.12. The molecule has 32 heavy (non-hydrogen) atoms. The highest BCUT2D eigenvalue weighted by atomic mass is 32.1. The van der Waals surface area contributed by atoms with Crippen LogP contribution in [0.25, 0.3) is 22.2 Å². The molecule has 8 heteroatoms. The van der Waals surface area contributed by atoms with Crippen molar-refractivity contribution in [3.05, 3.63) is 69.9 Å². The molecule has 1 aliphatic heterocycles. The molecule has 160 valence electrons. The Bertz CT molecular complexity index is 1380. The lowest BCUT2D eigenvalue weighted by atomic mass is 10.0. The van der Waals surface area contributed by atoms with E-state index in [2.05, 4.69) is 5.32 Å². The first kappa shape index (κ1) is 20.0. The van der Waals surface area contributed by atoms with Crippen molar-refractivity contribution in [3.8, 4) is 22.8 Å². The molecule has 0 bridgehead atoms. The summed E-state index contributed by atoms with van der Waals surface area (Å²) in [5, 5.41) is 5.31. The number of methoxy groups -OCH3 is 1. The summed E-state index contributed by atoms with van der Waals surface area (Å²) in [5.74, 6) is 0.483. The van der Waals surface area contributed by atoms with Gasteiger partial charge in [-0.2, -0.15) is 0 Å². The summed E-state index contributed by atoms with van der Waals surface area (Å²) in [5.41, 5.74) is 3.99. The Kier molecular flexibility index (Phi) is 4.99. The first-order chi connectivity index (χ1) is 15.5. The van der Waals surface area contributed by atoms with Crippen molar-refractivity contribution in [1.82, 2.24) is 4.98 Å². The molecule has 0 unspecified atom stereocenters. The zero-order valence-electron chi connectivity index (χ0n) is 17.3. The third-order valence-corrected chi connectivity index (χ3v) is 6.06. The summed E-state index contributed by atoms with van der Waals surface area (Å²) >= 11 is 1.21. The Balaban J connectivity index is 1.60. The Labute approximate surface area is 187 Å². The molecule has 1 aliphatic rings. The third-order valence-electron chi connectivity index (χ3n) is 5.16. The van der Waals surface area contributed by atoms with Gasteiger partial charge < -0.3 is 19.5 Å². The van der Waals surface area contributed by atoms with E-state index in [1.54, 1.807) is 17.5 Å². The fourth-order valence-electron chi connectivity index (χ4n) is 3.58. The summed E-state index contributed by atoms with van der Waals surface area (Å²) in [4.78, 5) is 30.4. The standard InChI is InChI=1S/C24H18N2O5S/c1-13-3-5-17-15(9-13)16(23(27)26-18-7-8-32-22(18)24(28)29-2)11-19(25-17)14-4-6-20-21(10-14)31-12-30-20/h3-11H,12H2,1-2H3,(H,26,27). The van der Waals surface area contributed by atoms with Gasteiger partial charge in [0.25, 0.3) is 5.91 Å². The summed E-state index contributed by atoms with van der Waals surface area (Å²) in [7, 11) is 1.31. The number of hydrogen-bond donors (Lipinski definition) is 1. The summed E-state index contributed by atoms with van der Waals surface area (Å²) in [6.07, 6.45) is 0. The molecule has 1 amide bonds. The fourth-order valence-corrected chi connectivity index (χ4v) is 4.35. The average molecular weight is 446 g/mol. The lowest BCUT2D eigenvalue weighted by Crippen LogP contribution is -2.15. The van der Waals surface area contributed by atoms with Crippen LogP contribution in [0.4, 0.5) is 5.69 Å². The second kappa shape index (κ2) is 7.97. The molecule has 3 heterocycles. The van der Waals surface area contributed by atoms with Gasteiger partial charge in [-0.05, 0) is 54.8 Å². The van der Waals surface area contributed by atoms with Crippen LogP contribution in [0.5, 0.6) is 11.5 Å². The van der Waals surface area contributed by atoms with Crippen LogP contribution in [0, 0.1) is 6.92 Å². The number of esters is 1. The van der Waals surface area contributed by atoms with Crippen LogP contribution in [0.2, 0.25) is 0 Å². The summed E-state index contributed by atoms with van der Waals surface area (Å²) in [6.45, 7) is 2.14. The number of fused-ring (bicyclic) bond motifs is 2. The lowest BCUT2D eigenvalue weighted by molar-refractivity contribution is 0.0607. The topological polar surface area (TPSA) is 86.8 Å². The second-order valence-corrected chi connectivity index (χ2v) is 8.17. The van der Waals surface area contributed by atoms with Gasteiger partial charge in [-0.25, -0.2) is 9.78 Å². The maximum absolute atomic E-state index is 13.3. The number of hydrogen-bond acceptors (Lipinski definition) is 7. The number of carbonyl (C=O) groups excluding carboxylic acids is 2.